The third kappa shape index (κ3) is 4.47. The number of nitrogens with one attached hydrogen (secondary N) is 1. The Morgan fingerprint density at radius 1 is 1.04 bits per heavy atom. The van der Waals surface area contributed by atoms with Crippen molar-refractivity contribution in [3.63, 3.8) is 0 Å². The Balaban J connectivity index is 1.56. The molecule has 3 rings (SSSR count). The summed E-state index contributed by atoms with van der Waals surface area (Å²) in [4.78, 5) is 8.59. The number of benzene rings is 1. The van der Waals surface area contributed by atoms with E-state index in [1.165, 1.54) is 6.07 Å². The lowest BCUT2D eigenvalue weighted by Gasteiger charge is -2.28. The van der Waals surface area contributed by atoms with Crippen LogP contribution in [0.25, 0.3) is 0 Å². The molecule has 0 radical (unpaired) electrons. The Bertz CT molecular complexity index is 779. The molecule has 0 unspecified atom stereocenters. The number of sulfonamides is 1. The van der Waals surface area contributed by atoms with Crippen LogP contribution in [0.15, 0.2) is 52.8 Å². The predicted molar refractivity (Wildman–Crippen MR) is 95.7 cm³/mol. The molecule has 0 amide bonds. The van der Waals surface area contributed by atoms with Crippen molar-refractivity contribution in [1.82, 2.24) is 14.7 Å². The maximum atomic E-state index is 12.5. The van der Waals surface area contributed by atoms with E-state index < -0.39 is 10.0 Å². The van der Waals surface area contributed by atoms with Crippen LogP contribution < -0.4 is 4.72 Å². The standard InChI is InChI=1S/C16H18ClN3O2S2/c17-14-4-1-2-5-15(14)24(21,22)20-12-6-8-13(9-7-12)23-16-18-10-3-11-19-16/h1-5,10-13,20H,6-9H2. The summed E-state index contributed by atoms with van der Waals surface area (Å²) in [6.07, 6.45) is 6.93. The van der Waals surface area contributed by atoms with Gasteiger partial charge in [0.05, 0.1) is 5.02 Å². The summed E-state index contributed by atoms with van der Waals surface area (Å²) < 4.78 is 27.7. The third-order valence-corrected chi connectivity index (χ3v) is 7.18. The molecule has 2 aromatic rings. The van der Waals surface area contributed by atoms with Gasteiger partial charge < -0.3 is 0 Å². The minimum absolute atomic E-state index is 0.0557. The summed E-state index contributed by atoms with van der Waals surface area (Å²) in [5.41, 5.74) is 0. The number of hydrogen-bond donors (Lipinski definition) is 1. The second-order valence-corrected chi connectivity index (χ2v) is 9.03. The maximum absolute atomic E-state index is 12.5. The number of hydrogen-bond acceptors (Lipinski definition) is 5. The van der Waals surface area contributed by atoms with Gasteiger partial charge in [0.25, 0.3) is 0 Å². The van der Waals surface area contributed by atoms with Crippen molar-refractivity contribution in [3.8, 4) is 0 Å². The van der Waals surface area contributed by atoms with Crippen LogP contribution in [0.2, 0.25) is 5.02 Å². The fourth-order valence-corrected chi connectivity index (χ4v) is 5.61. The number of halogens is 1. The highest BCUT2D eigenvalue weighted by atomic mass is 35.5. The number of rotatable bonds is 5. The molecule has 5 nitrogen and oxygen atoms in total. The van der Waals surface area contributed by atoms with Crippen molar-refractivity contribution < 1.29 is 8.42 Å². The molecule has 0 atom stereocenters. The van der Waals surface area contributed by atoms with Crippen molar-refractivity contribution >= 4 is 33.4 Å². The van der Waals surface area contributed by atoms with Crippen molar-refractivity contribution in [1.29, 1.82) is 0 Å². The summed E-state index contributed by atoms with van der Waals surface area (Å²) in [6, 6.07) is 8.25. The van der Waals surface area contributed by atoms with Crippen LogP contribution in [-0.4, -0.2) is 29.7 Å². The first-order valence-corrected chi connectivity index (χ1v) is 10.5. The maximum Gasteiger partial charge on any atom is 0.242 e. The molecule has 1 aliphatic carbocycles. The zero-order valence-corrected chi connectivity index (χ0v) is 15.3. The van der Waals surface area contributed by atoms with Gasteiger partial charge in [0.1, 0.15) is 4.90 Å². The van der Waals surface area contributed by atoms with E-state index in [1.54, 1.807) is 48.4 Å². The molecule has 1 aromatic heterocycles. The molecule has 0 saturated heterocycles. The lowest BCUT2D eigenvalue weighted by Crippen LogP contribution is -2.38. The summed E-state index contributed by atoms with van der Waals surface area (Å²) in [5.74, 6) is 0. The summed E-state index contributed by atoms with van der Waals surface area (Å²) in [7, 11) is -3.58. The molecule has 1 aromatic carbocycles. The highest BCUT2D eigenvalue weighted by Gasteiger charge is 2.27. The van der Waals surface area contributed by atoms with Crippen LogP contribution in [-0.2, 0) is 10.0 Å². The first-order chi connectivity index (χ1) is 11.5. The van der Waals surface area contributed by atoms with Gasteiger partial charge in [-0.1, -0.05) is 35.5 Å². The topological polar surface area (TPSA) is 72.0 Å². The van der Waals surface area contributed by atoms with E-state index in [-0.39, 0.29) is 16.0 Å². The average molecular weight is 384 g/mol. The Morgan fingerprint density at radius 2 is 1.71 bits per heavy atom. The number of nitrogens with zero attached hydrogens (tertiary/aromatic N) is 2. The fraction of sp³-hybridized carbons (Fsp3) is 0.375. The van der Waals surface area contributed by atoms with Crippen LogP contribution in [0.1, 0.15) is 25.7 Å². The minimum Gasteiger partial charge on any atom is -0.231 e. The molecule has 1 N–H and O–H groups in total. The monoisotopic (exact) mass is 383 g/mol. The quantitative estimate of drug-likeness (QED) is 0.800. The molecule has 1 fully saturated rings. The van der Waals surface area contributed by atoms with Crippen LogP contribution in [0.5, 0.6) is 0 Å². The minimum atomic E-state index is -3.58. The van der Waals surface area contributed by atoms with Crippen LogP contribution >= 0.6 is 23.4 Å². The molecule has 1 heterocycles. The van der Waals surface area contributed by atoms with E-state index >= 15 is 0 Å². The van der Waals surface area contributed by atoms with Gasteiger partial charge in [-0.3, -0.25) is 0 Å². The molecule has 0 aliphatic heterocycles. The molecule has 0 spiro atoms. The van der Waals surface area contributed by atoms with E-state index in [2.05, 4.69) is 14.7 Å². The summed E-state index contributed by atoms with van der Waals surface area (Å²) in [5, 5.41) is 1.45. The molecule has 24 heavy (non-hydrogen) atoms. The predicted octanol–water partition coefficient (Wildman–Crippen LogP) is 3.51. The van der Waals surface area contributed by atoms with E-state index in [0.717, 1.165) is 30.8 Å². The highest BCUT2D eigenvalue weighted by Crippen LogP contribution is 2.32. The first-order valence-electron chi connectivity index (χ1n) is 7.75. The zero-order valence-electron chi connectivity index (χ0n) is 12.9. The van der Waals surface area contributed by atoms with Gasteiger partial charge in [-0.05, 0) is 43.9 Å². The number of aromatic nitrogens is 2. The van der Waals surface area contributed by atoms with E-state index in [4.69, 9.17) is 11.6 Å². The zero-order chi connectivity index (χ0) is 17.0. The normalized spacial score (nSPS) is 21.5. The summed E-state index contributed by atoms with van der Waals surface area (Å²) in [6.45, 7) is 0. The van der Waals surface area contributed by atoms with Gasteiger partial charge in [-0.2, -0.15) is 0 Å². The van der Waals surface area contributed by atoms with E-state index in [9.17, 15) is 8.42 Å². The van der Waals surface area contributed by atoms with Gasteiger partial charge in [0, 0.05) is 23.7 Å². The Labute approximate surface area is 151 Å². The molecule has 1 aliphatic rings. The molecule has 0 bridgehead atoms. The average Bonchev–Trinajstić information content (AvgIpc) is 2.58. The lowest BCUT2D eigenvalue weighted by molar-refractivity contribution is 0.419. The van der Waals surface area contributed by atoms with Crippen molar-refractivity contribution in [3.05, 3.63) is 47.7 Å². The number of thioether (sulfide) groups is 1. The van der Waals surface area contributed by atoms with Crippen LogP contribution in [0, 0.1) is 0 Å². The van der Waals surface area contributed by atoms with Gasteiger partial charge in [0.2, 0.25) is 10.0 Å². The molecule has 8 heteroatoms. The van der Waals surface area contributed by atoms with E-state index in [1.807, 2.05) is 0 Å². The second-order valence-electron chi connectivity index (χ2n) is 5.67. The highest BCUT2D eigenvalue weighted by molar-refractivity contribution is 7.99. The smallest absolute Gasteiger partial charge is 0.231 e. The second kappa shape index (κ2) is 7.82. The molecular weight excluding hydrogens is 366 g/mol. The van der Waals surface area contributed by atoms with Crippen molar-refractivity contribution in [2.24, 2.45) is 0 Å². The van der Waals surface area contributed by atoms with Crippen molar-refractivity contribution in [2.75, 3.05) is 0 Å². The fourth-order valence-electron chi connectivity index (χ4n) is 2.74. The molecular formula is C16H18ClN3O2S2. The Hall–Kier alpha value is -1.15. The SMILES string of the molecule is O=S(=O)(NC1CCC(Sc2ncccn2)CC1)c1ccccc1Cl. The van der Waals surface area contributed by atoms with Gasteiger partial charge in [-0.15, -0.1) is 0 Å². The van der Waals surface area contributed by atoms with Gasteiger partial charge >= 0.3 is 0 Å². The Kier molecular flexibility index (Phi) is 5.76. The van der Waals surface area contributed by atoms with Crippen LogP contribution in [0.4, 0.5) is 0 Å². The van der Waals surface area contributed by atoms with Crippen LogP contribution in [0.3, 0.4) is 0 Å². The van der Waals surface area contributed by atoms with Gasteiger partial charge in [0.15, 0.2) is 5.16 Å². The third-order valence-electron chi connectivity index (χ3n) is 3.94. The first kappa shape index (κ1) is 17.7. The lowest BCUT2D eigenvalue weighted by atomic mass is 9.96. The largest absolute Gasteiger partial charge is 0.242 e. The molecule has 128 valence electrons. The van der Waals surface area contributed by atoms with Crippen molar-refractivity contribution in [2.45, 2.75) is 47.0 Å². The Morgan fingerprint density at radius 3 is 2.38 bits per heavy atom. The molecule has 1 saturated carbocycles. The summed E-state index contributed by atoms with van der Waals surface area (Å²) >= 11 is 7.67. The van der Waals surface area contributed by atoms with Gasteiger partial charge in [-0.25, -0.2) is 23.1 Å². The van der Waals surface area contributed by atoms with E-state index in [0.29, 0.717) is 5.25 Å².